The van der Waals surface area contributed by atoms with E-state index in [2.05, 4.69) is 49.2 Å². The minimum absolute atomic E-state index is 0.655. The van der Waals surface area contributed by atoms with Crippen LogP contribution in [0.4, 0.5) is 0 Å². The summed E-state index contributed by atoms with van der Waals surface area (Å²) in [4.78, 5) is 2.66. The van der Waals surface area contributed by atoms with Crippen molar-refractivity contribution in [3.8, 4) is 0 Å². The summed E-state index contributed by atoms with van der Waals surface area (Å²) >= 11 is 0. The van der Waals surface area contributed by atoms with E-state index >= 15 is 0 Å². The normalized spacial score (nSPS) is 24.2. The van der Waals surface area contributed by atoms with Crippen LogP contribution in [0.15, 0.2) is 6.07 Å². The molecule has 1 aromatic heterocycles. The lowest BCUT2D eigenvalue weighted by molar-refractivity contribution is 0.109. The van der Waals surface area contributed by atoms with Gasteiger partial charge in [-0.2, -0.15) is 5.10 Å². The average molecular weight is 278 g/mol. The van der Waals surface area contributed by atoms with Gasteiger partial charge >= 0.3 is 0 Å². The summed E-state index contributed by atoms with van der Waals surface area (Å²) in [6.45, 7) is 9.96. The zero-order valence-electron chi connectivity index (χ0n) is 13.5. The molecule has 0 aliphatic carbocycles. The van der Waals surface area contributed by atoms with Crippen molar-refractivity contribution in [3.05, 3.63) is 17.5 Å². The van der Waals surface area contributed by atoms with E-state index in [4.69, 9.17) is 0 Å². The predicted molar refractivity (Wildman–Crippen MR) is 83.7 cm³/mol. The Kier molecular flexibility index (Phi) is 5.61. The molecule has 2 rings (SSSR count). The van der Waals surface area contributed by atoms with Crippen LogP contribution >= 0.6 is 0 Å². The highest BCUT2D eigenvalue weighted by molar-refractivity contribution is 5.09. The minimum Gasteiger partial charge on any atom is -0.311 e. The molecule has 0 saturated carbocycles. The minimum atomic E-state index is 0.655. The number of nitrogens with one attached hydrogen (secondary N) is 1. The Morgan fingerprint density at radius 2 is 2.05 bits per heavy atom. The van der Waals surface area contributed by atoms with Crippen LogP contribution in [0.2, 0.25) is 0 Å². The number of nitrogens with zero attached hydrogens (tertiary/aromatic N) is 3. The van der Waals surface area contributed by atoms with E-state index in [1.807, 2.05) is 4.68 Å². The first-order chi connectivity index (χ1) is 9.63. The molecule has 1 N–H and O–H groups in total. The van der Waals surface area contributed by atoms with Gasteiger partial charge in [0.15, 0.2) is 0 Å². The average Bonchev–Trinajstić information content (AvgIpc) is 2.71. The Morgan fingerprint density at radius 1 is 1.30 bits per heavy atom. The summed E-state index contributed by atoms with van der Waals surface area (Å²) in [5.41, 5.74) is 2.45. The molecule has 4 heteroatoms. The van der Waals surface area contributed by atoms with Gasteiger partial charge in [-0.3, -0.25) is 9.58 Å². The molecule has 0 radical (unpaired) electrons. The molecule has 0 amide bonds. The first-order valence-electron chi connectivity index (χ1n) is 8.11. The van der Waals surface area contributed by atoms with Crippen LogP contribution in [0.1, 0.15) is 50.9 Å². The Balaban J connectivity index is 2.04. The van der Waals surface area contributed by atoms with E-state index < -0.39 is 0 Å². The largest absolute Gasteiger partial charge is 0.311 e. The van der Waals surface area contributed by atoms with Crippen molar-refractivity contribution in [2.24, 2.45) is 7.05 Å². The first kappa shape index (κ1) is 15.5. The standard InChI is InChI=1S/C16H30N4/c1-5-7-14-11-20(15(8-6-2)10-17-14)12-16-9-13(3)18-19(16)4/h9,14-15,17H,5-8,10-12H2,1-4H3. The van der Waals surface area contributed by atoms with Crippen LogP contribution < -0.4 is 5.32 Å². The fourth-order valence-corrected chi connectivity index (χ4v) is 3.30. The van der Waals surface area contributed by atoms with Gasteiger partial charge in [0.25, 0.3) is 0 Å². The number of piperazine rings is 1. The fourth-order valence-electron chi connectivity index (χ4n) is 3.30. The van der Waals surface area contributed by atoms with Crippen LogP contribution in [0.3, 0.4) is 0 Å². The van der Waals surface area contributed by atoms with Gasteiger partial charge < -0.3 is 5.32 Å². The van der Waals surface area contributed by atoms with Crippen molar-refractivity contribution < 1.29 is 0 Å². The van der Waals surface area contributed by atoms with Gasteiger partial charge in [0, 0.05) is 38.8 Å². The third-order valence-electron chi connectivity index (χ3n) is 4.34. The van der Waals surface area contributed by atoms with Crippen LogP contribution in [0, 0.1) is 6.92 Å². The molecule has 1 aliphatic heterocycles. The SMILES string of the molecule is CCCC1CN(Cc2cc(C)nn2C)C(CCC)CN1. The molecule has 1 fully saturated rings. The zero-order chi connectivity index (χ0) is 14.5. The van der Waals surface area contributed by atoms with Crippen molar-refractivity contribution in [2.75, 3.05) is 13.1 Å². The van der Waals surface area contributed by atoms with Gasteiger partial charge in [0.2, 0.25) is 0 Å². The maximum absolute atomic E-state index is 4.48. The summed E-state index contributed by atoms with van der Waals surface area (Å²) in [6.07, 6.45) is 5.07. The molecule has 0 bridgehead atoms. The van der Waals surface area contributed by atoms with E-state index in [1.54, 1.807) is 0 Å². The molecule has 1 aliphatic rings. The topological polar surface area (TPSA) is 33.1 Å². The molecular formula is C16H30N4. The van der Waals surface area contributed by atoms with E-state index in [1.165, 1.54) is 37.9 Å². The molecule has 4 nitrogen and oxygen atoms in total. The number of aryl methyl sites for hydroxylation is 2. The van der Waals surface area contributed by atoms with Crippen LogP contribution in [0.5, 0.6) is 0 Å². The highest BCUT2D eigenvalue weighted by Crippen LogP contribution is 2.18. The van der Waals surface area contributed by atoms with E-state index in [9.17, 15) is 0 Å². The van der Waals surface area contributed by atoms with Gasteiger partial charge in [-0.05, 0) is 25.8 Å². The third-order valence-corrected chi connectivity index (χ3v) is 4.34. The monoisotopic (exact) mass is 278 g/mol. The quantitative estimate of drug-likeness (QED) is 0.868. The number of rotatable bonds is 6. The Bertz CT molecular complexity index is 413. The molecule has 2 atom stereocenters. The Morgan fingerprint density at radius 3 is 2.65 bits per heavy atom. The second kappa shape index (κ2) is 7.23. The van der Waals surface area contributed by atoms with Crippen molar-refractivity contribution in [1.82, 2.24) is 20.0 Å². The van der Waals surface area contributed by atoms with Crippen molar-refractivity contribution in [1.29, 1.82) is 0 Å². The fraction of sp³-hybridized carbons (Fsp3) is 0.812. The van der Waals surface area contributed by atoms with E-state index in [-0.39, 0.29) is 0 Å². The van der Waals surface area contributed by atoms with Crippen LogP contribution in [-0.2, 0) is 13.6 Å². The van der Waals surface area contributed by atoms with Crippen molar-refractivity contribution in [2.45, 2.75) is 65.1 Å². The molecule has 1 saturated heterocycles. The molecule has 2 heterocycles. The molecular weight excluding hydrogens is 248 g/mol. The molecule has 1 aromatic rings. The summed E-state index contributed by atoms with van der Waals surface area (Å²) in [5.74, 6) is 0. The Hall–Kier alpha value is -0.870. The summed E-state index contributed by atoms with van der Waals surface area (Å²) in [5, 5.41) is 8.20. The molecule has 20 heavy (non-hydrogen) atoms. The van der Waals surface area contributed by atoms with Crippen LogP contribution in [-0.4, -0.2) is 39.9 Å². The highest BCUT2D eigenvalue weighted by atomic mass is 15.3. The summed E-state index contributed by atoms with van der Waals surface area (Å²) in [6, 6.07) is 3.55. The van der Waals surface area contributed by atoms with E-state index in [0.717, 1.165) is 18.8 Å². The number of hydrogen-bond acceptors (Lipinski definition) is 3. The molecule has 0 aromatic carbocycles. The predicted octanol–water partition coefficient (Wildman–Crippen LogP) is 2.47. The molecule has 114 valence electrons. The number of aromatic nitrogens is 2. The van der Waals surface area contributed by atoms with Gasteiger partial charge in [0.05, 0.1) is 11.4 Å². The van der Waals surface area contributed by atoms with Crippen molar-refractivity contribution >= 4 is 0 Å². The third kappa shape index (κ3) is 3.83. The van der Waals surface area contributed by atoms with Gasteiger partial charge in [0.1, 0.15) is 0 Å². The molecule has 0 spiro atoms. The summed E-state index contributed by atoms with van der Waals surface area (Å²) in [7, 11) is 2.06. The van der Waals surface area contributed by atoms with Gasteiger partial charge in [-0.25, -0.2) is 0 Å². The molecule has 2 unspecified atom stereocenters. The Labute approximate surface area is 123 Å². The van der Waals surface area contributed by atoms with E-state index in [0.29, 0.717) is 12.1 Å². The second-order valence-corrected chi connectivity index (χ2v) is 6.17. The highest BCUT2D eigenvalue weighted by Gasteiger charge is 2.27. The lowest BCUT2D eigenvalue weighted by Crippen LogP contribution is -2.56. The lowest BCUT2D eigenvalue weighted by atomic mass is 10.0. The number of hydrogen-bond donors (Lipinski definition) is 1. The maximum atomic E-state index is 4.48. The van der Waals surface area contributed by atoms with Gasteiger partial charge in [-0.1, -0.05) is 26.7 Å². The second-order valence-electron chi connectivity index (χ2n) is 6.17. The zero-order valence-corrected chi connectivity index (χ0v) is 13.5. The van der Waals surface area contributed by atoms with Crippen molar-refractivity contribution in [3.63, 3.8) is 0 Å². The van der Waals surface area contributed by atoms with Crippen LogP contribution in [0.25, 0.3) is 0 Å². The van der Waals surface area contributed by atoms with Gasteiger partial charge in [-0.15, -0.1) is 0 Å². The maximum Gasteiger partial charge on any atom is 0.0597 e. The summed E-state index contributed by atoms with van der Waals surface area (Å²) < 4.78 is 2.04. The lowest BCUT2D eigenvalue weighted by Gasteiger charge is -2.40. The smallest absolute Gasteiger partial charge is 0.0597 e. The first-order valence-corrected chi connectivity index (χ1v) is 8.11.